The molecular weight excluding hydrogens is 404 g/mol. The molecule has 0 bridgehead atoms. The van der Waals surface area contributed by atoms with Gasteiger partial charge in [-0.15, -0.1) is 11.3 Å². The van der Waals surface area contributed by atoms with Crippen LogP contribution in [0.25, 0.3) is 11.0 Å². The van der Waals surface area contributed by atoms with Crippen LogP contribution in [0, 0.1) is 0 Å². The van der Waals surface area contributed by atoms with Crippen molar-refractivity contribution in [3.05, 3.63) is 10.8 Å². The summed E-state index contributed by atoms with van der Waals surface area (Å²) >= 11 is 1.62. The lowest BCUT2D eigenvalue weighted by Gasteiger charge is -2.11. The van der Waals surface area contributed by atoms with Crippen LogP contribution < -0.4 is 9.47 Å². The van der Waals surface area contributed by atoms with Gasteiger partial charge in [-0.05, 0) is 12.8 Å². The van der Waals surface area contributed by atoms with Crippen LogP contribution >= 0.6 is 11.3 Å². The highest BCUT2D eigenvalue weighted by molar-refractivity contribution is 7.09. The molecule has 31 heavy (non-hydrogen) atoms. The van der Waals surface area contributed by atoms with Crippen molar-refractivity contribution < 1.29 is 9.47 Å². The first-order valence-corrected chi connectivity index (χ1v) is 13.8. The minimum absolute atomic E-state index is 0.563. The summed E-state index contributed by atoms with van der Waals surface area (Å²) in [7, 11) is 0. The second-order valence-corrected chi connectivity index (χ2v) is 9.37. The van der Waals surface area contributed by atoms with E-state index in [0.717, 1.165) is 23.9 Å². The quantitative estimate of drug-likeness (QED) is 0.190. The van der Waals surface area contributed by atoms with Crippen LogP contribution in [0.15, 0.2) is 10.8 Å². The fourth-order valence-corrected chi connectivity index (χ4v) is 4.44. The van der Waals surface area contributed by atoms with Crippen LogP contribution in [-0.4, -0.2) is 23.2 Å². The van der Waals surface area contributed by atoms with E-state index in [4.69, 9.17) is 9.47 Å². The van der Waals surface area contributed by atoms with E-state index < -0.39 is 0 Å². The van der Waals surface area contributed by atoms with Crippen LogP contribution in [0.2, 0.25) is 0 Å². The smallest absolute Gasteiger partial charge is 0.278 e. The van der Waals surface area contributed by atoms with Gasteiger partial charge in [0.25, 0.3) is 11.8 Å². The molecule has 2 heterocycles. The molecule has 0 fully saturated rings. The number of unbranched alkanes of at least 4 members (excludes halogenated alkanes) is 14. The molecule has 2 aromatic rings. The molecule has 0 aliphatic carbocycles. The molecule has 2 rings (SSSR count). The third-order valence-electron chi connectivity index (χ3n) is 5.72. The van der Waals surface area contributed by atoms with E-state index in [1.54, 1.807) is 11.3 Å². The number of rotatable bonds is 20. The molecule has 0 aromatic carbocycles. The van der Waals surface area contributed by atoms with Gasteiger partial charge in [-0.2, -0.15) is 0 Å². The summed E-state index contributed by atoms with van der Waals surface area (Å²) < 4.78 is 12.0. The number of ether oxygens (including phenoxy) is 2. The van der Waals surface area contributed by atoms with Crippen molar-refractivity contribution in [1.82, 2.24) is 9.97 Å². The topological polar surface area (TPSA) is 44.2 Å². The Balaban J connectivity index is 1.67. The molecule has 0 aliphatic heterocycles. The summed E-state index contributed by atoms with van der Waals surface area (Å²) in [5.41, 5.74) is 1.80. The Kier molecular flexibility index (Phi) is 14.4. The first-order valence-electron chi connectivity index (χ1n) is 12.8. The number of fused-ring (bicyclic) bond motifs is 1. The molecule has 5 heteroatoms. The predicted octanol–water partition coefficient (Wildman–Crippen LogP) is 8.73. The second-order valence-electron chi connectivity index (χ2n) is 8.62. The van der Waals surface area contributed by atoms with E-state index in [1.807, 2.05) is 10.8 Å². The molecule has 0 saturated carbocycles. The number of hydrogen-bond acceptors (Lipinski definition) is 5. The monoisotopic (exact) mass is 448 g/mol. The molecule has 0 atom stereocenters. The van der Waals surface area contributed by atoms with Gasteiger partial charge in [-0.1, -0.05) is 104 Å². The van der Waals surface area contributed by atoms with Crippen molar-refractivity contribution in [2.45, 2.75) is 117 Å². The molecule has 0 N–H and O–H groups in total. The average Bonchev–Trinajstić information content (AvgIpc) is 3.24. The van der Waals surface area contributed by atoms with Gasteiger partial charge in [0.1, 0.15) is 11.0 Å². The first kappa shape index (κ1) is 25.9. The van der Waals surface area contributed by atoms with E-state index in [-0.39, 0.29) is 0 Å². The molecule has 0 radical (unpaired) electrons. The van der Waals surface area contributed by atoms with Crippen LogP contribution in [0.3, 0.4) is 0 Å². The maximum absolute atomic E-state index is 6.00. The zero-order chi connectivity index (χ0) is 22.0. The lowest BCUT2D eigenvalue weighted by molar-refractivity contribution is 0.243. The summed E-state index contributed by atoms with van der Waals surface area (Å²) in [4.78, 5) is 9.32. The number of hydrogen-bond donors (Lipinski definition) is 0. The highest BCUT2D eigenvalue weighted by atomic mass is 32.1. The summed E-state index contributed by atoms with van der Waals surface area (Å²) in [5.74, 6) is 1.13. The Morgan fingerprint density at radius 3 is 1.29 bits per heavy atom. The van der Waals surface area contributed by atoms with Crippen molar-refractivity contribution in [2.75, 3.05) is 13.2 Å². The molecule has 2 aromatic heterocycles. The Labute approximate surface area is 194 Å². The number of thiophene rings is 1. The maximum Gasteiger partial charge on any atom is 0.278 e. The Morgan fingerprint density at radius 2 is 0.903 bits per heavy atom. The lowest BCUT2D eigenvalue weighted by Crippen LogP contribution is -2.06. The zero-order valence-electron chi connectivity index (χ0n) is 20.0. The Hall–Kier alpha value is -1.36. The molecular formula is C26H44N2O2S. The highest BCUT2D eigenvalue weighted by Gasteiger charge is 2.12. The molecule has 0 amide bonds. The van der Waals surface area contributed by atoms with Crippen molar-refractivity contribution in [3.63, 3.8) is 0 Å². The predicted molar refractivity (Wildman–Crippen MR) is 134 cm³/mol. The van der Waals surface area contributed by atoms with Crippen LogP contribution in [0.1, 0.15) is 117 Å². The van der Waals surface area contributed by atoms with Gasteiger partial charge in [0.15, 0.2) is 0 Å². The molecule has 0 aliphatic rings. The van der Waals surface area contributed by atoms with E-state index in [9.17, 15) is 0 Å². The molecule has 0 saturated heterocycles. The Morgan fingerprint density at radius 1 is 0.548 bits per heavy atom. The van der Waals surface area contributed by atoms with E-state index in [2.05, 4.69) is 23.8 Å². The third kappa shape index (κ3) is 11.2. The Bertz CT molecular complexity index is 633. The molecule has 0 spiro atoms. The summed E-state index contributed by atoms with van der Waals surface area (Å²) in [6.07, 6.45) is 20.7. The van der Waals surface area contributed by atoms with E-state index >= 15 is 0 Å². The van der Waals surface area contributed by atoms with Gasteiger partial charge in [0, 0.05) is 10.8 Å². The SMILES string of the molecule is CCCCCCCCCCOc1nc2cscc2nc1OCCCCCCCCCC. The maximum atomic E-state index is 6.00. The third-order valence-corrected chi connectivity index (χ3v) is 6.44. The second kappa shape index (κ2) is 17.2. The molecule has 4 nitrogen and oxygen atoms in total. The number of aromatic nitrogens is 2. The van der Waals surface area contributed by atoms with Crippen molar-refractivity contribution >= 4 is 22.4 Å². The van der Waals surface area contributed by atoms with Gasteiger partial charge in [0.2, 0.25) is 0 Å². The average molecular weight is 449 g/mol. The summed E-state index contributed by atoms with van der Waals surface area (Å²) in [6.45, 7) is 5.91. The van der Waals surface area contributed by atoms with Crippen molar-refractivity contribution in [3.8, 4) is 11.8 Å². The van der Waals surface area contributed by atoms with Crippen molar-refractivity contribution in [1.29, 1.82) is 0 Å². The fraction of sp³-hybridized carbons (Fsp3) is 0.769. The normalized spacial score (nSPS) is 11.3. The summed E-state index contributed by atoms with van der Waals surface area (Å²) in [6, 6.07) is 0. The number of nitrogens with zero attached hydrogens (tertiary/aromatic N) is 2. The van der Waals surface area contributed by atoms with Gasteiger partial charge < -0.3 is 9.47 Å². The zero-order valence-corrected chi connectivity index (χ0v) is 20.8. The van der Waals surface area contributed by atoms with Gasteiger partial charge >= 0.3 is 0 Å². The molecule has 176 valence electrons. The van der Waals surface area contributed by atoms with E-state index in [1.165, 1.54) is 89.9 Å². The largest absolute Gasteiger partial charge is 0.474 e. The van der Waals surface area contributed by atoms with Gasteiger partial charge in [0.05, 0.1) is 13.2 Å². The highest BCUT2D eigenvalue weighted by Crippen LogP contribution is 2.28. The molecule has 0 unspecified atom stereocenters. The van der Waals surface area contributed by atoms with E-state index in [0.29, 0.717) is 25.0 Å². The van der Waals surface area contributed by atoms with Crippen LogP contribution in [0.4, 0.5) is 0 Å². The minimum Gasteiger partial charge on any atom is -0.474 e. The van der Waals surface area contributed by atoms with Crippen molar-refractivity contribution in [2.24, 2.45) is 0 Å². The standard InChI is InChI=1S/C26H44N2O2S/c1-3-5-7-9-11-13-15-17-19-29-25-26(28-24-22-31-21-23(24)27-25)30-20-18-16-14-12-10-8-6-4-2/h21-22H,3-20H2,1-2H3. The van der Waals surface area contributed by atoms with Crippen LogP contribution in [-0.2, 0) is 0 Å². The first-order chi connectivity index (χ1) is 15.3. The van der Waals surface area contributed by atoms with Crippen LogP contribution in [0.5, 0.6) is 11.8 Å². The summed E-state index contributed by atoms with van der Waals surface area (Å²) in [5, 5.41) is 4.04. The fourth-order valence-electron chi connectivity index (χ4n) is 3.76. The minimum atomic E-state index is 0.563. The van der Waals surface area contributed by atoms with Gasteiger partial charge in [-0.3, -0.25) is 0 Å². The lowest BCUT2D eigenvalue weighted by atomic mass is 10.1. The van der Waals surface area contributed by atoms with Gasteiger partial charge in [-0.25, -0.2) is 9.97 Å².